The van der Waals surface area contributed by atoms with E-state index in [1.807, 2.05) is 0 Å². The molecule has 0 radical (unpaired) electrons. The molecule has 0 amide bonds. The Morgan fingerprint density at radius 2 is 0.500 bits per heavy atom. The molecular weight excluding hydrogens is 449 g/mol. The zero-order valence-corrected chi connectivity index (χ0v) is 13.6. The van der Waals surface area contributed by atoms with Crippen molar-refractivity contribution in [3.05, 3.63) is 0 Å². The van der Waals surface area contributed by atoms with E-state index in [0.717, 1.165) is 0 Å². The third-order valence-electron chi connectivity index (χ3n) is 0. The SMILES string of the molecule is [Al+3].[Li+].[Ni+2].[O]=[Mn](=[O])([O-])[O-].[O]=[Mn](=[O])([O-])[O-].[O]=[Mn](=[O])([O-])[O-]. The molecule has 0 saturated carbocycles. The molecule has 18 heavy (non-hydrogen) atoms. The molecule has 12 nitrogen and oxygen atoms in total. The molecule has 0 aromatic carbocycles. The summed E-state index contributed by atoms with van der Waals surface area (Å²) in [6, 6.07) is 0. The predicted molar refractivity (Wildman–Crippen MR) is 9.87 cm³/mol. The minimum absolute atomic E-state index is 0. The number of hydrogen-bond donors (Lipinski definition) is 0. The Morgan fingerprint density at radius 3 is 0.500 bits per heavy atom. The molecule has 0 heterocycles. The van der Waals surface area contributed by atoms with Crippen LogP contribution in [-0.4, -0.2) is 17.4 Å². The maximum absolute atomic E-state index is 8.58. The summed E-state index contributed by atoms with van der Waals surface area (Å²) in [6.07, 6.45) is 0. The standard InChI is InChI=1S/Al.Li.3Mn.Ni.12O/q+3;+1;;;;+2;;;;;;;6*-1. The molecule has 0 aliphatic rings. The maximum atomic E-state index is 8.58. The first-order valence-corrected chi connectivity index (χ1v) is 7.63. The van der Waals surface area contributed by atoms with Crippen molar-refractivity contribution < 1.29 is 124 Å². The molecule has 107 valence electrons. The second-order valence-electron chi connectivity index (χ2n) is 1.13. The molecule has 0 bridgehead atoms. The van der Waals surface area contributed by atoms with Crippen molar-refractivity contribution >= 4 is 17.4 Å². The zero-order chi connectivity index (χ0) is 13.5. The summed E-state index contributed by atoms with van der Waals surface area (Å²) in [6.45, 7) is 0. The van der Waals surface area contributed by atoms with Crippen LogP contribution in [0.25, 0.3) is 0 Å². The first-order valence-electron chi connectivity index (χ1n) is 1.85. The summed E-state index contributed by atoms with van der Waals surface area (Å²) >= 11 is -16.9. The van der Waals surface area contributed by atoms with E-state index in [0.29, 0.717) is 0 Å². The van der Waals surface area contributed by atoms with Crippen LogP contribution < -0.4 is 44.0 Å². The molecular formula is AlLiMn3NiO12. The molecule has 0 aromatic heterocycles. The monoisotopic (exact) mass is 449 g/mol. The summed E-state index contributed by atoms with van der Waals surface area (Å²) in [5.74, 6) is 0. The minimum atomic E-state index is -5.62. The molecule has 0 unspecified atom stereocenters. The number of hydrogen-bond acceptors (Lipinski definition) is 12. The van der Waals surface area contributed by atoms with Crippen LogP contribution in [0.1, 0.15) is 0 Å². The Hall–Kier alpha value is 1.74. The Morgan fingerprint density at radius 1 is 0.500 bits per heavy atom. The van der Waals surface area contributed by atoms with Gasteiger partial charge in [-0.3, -0.25) is 0 Å². The van der Waals surface area contributed by atoms with E-state index in [1.54, 1.807) is 0 Å². The summed E-state index contributed by atoms with van der Waals surface area (Å²) in [5.41, 5.74) is 0. The normalized spacial score (nSPS) is 9.67. The van der Waals surface area contributed by atoms with Gasteiger partial charge in [-0.15, -0.1) is 0 Å². The Balaban J connectivity index is -0.0000000277. The zero-order valence-electron chi connectivity index (χ0n) is 7.93. The van der Waals surface area contributed by atoms with Crippen LogP contribution in [-0.2, 0) is 79.6 Å². The average molecular weight is 449 g/mol. The van der Waals surface area contributed by atoms with E-state index < -0.39 is 40.1 Å². The average Bonchev–Trinajstić information content (AvgIpc) is 1.41. The molecule has 0 aliphatic carbocycles. The topological polar surface area (TPSA) is 241 Å². The van der Waals surface area contributed by atoms with Gasteiger partial charge >= 0.3 is 141 Å². The molecule has 0 atom stereocenters. The third-order valence-corrected chi connectivity index (χ3v) is 0. The van der Waals surface area contributed by atoms with Crippen LogP contribution in [0.15, 0.2) is 0 Å². The fourth-order valence-electron chi connectivity index (χ4n) is 0. The third kappa shape index (κ3) is 1640. The second-order valence-corrected chi connectivity index (χ2v) is 4.68. The number of rotatable bonds is 0. The van der Waals surface area contributed by atoms with Crippen LogP contribution >= 0.6 is 0 Å². The Kier molecular flexibility index (Phi) is 30.9. The van der Waals surface area contributed by atoms with Gasteiger partial charge in [0.2, 0.25) is 0 Å². The van der Waals surface area contributed by atoms with Crippen LogP contribution in [0.2, 0.25) is 0 Å². The summed E-state index contributed by atoms with van der Waals surface area (Å²) in [4.78, 5) is 0. The Bertz CT molecular complexity index is 348. The van der Waals surface area contributed by atoms with E-state index in [2.05, 4.69) is 0 Å². The fraction of sp³-hybridized carbons (Fsp3) is 0. The van der Waals surface area contributed by atoms with Gasteiger partial charge in [0.1, 0.15) is 0 Å². The fourth-order valence-corrected chi connectivity index (χ4v) is 0. The molecule has 0 fully saturated rings. The van der Waals surface area contributed by atoms with Gasteiger partial charge < -0.3 is 0 Å². The molecule has 0 aliphatic heterocycles. The van der Waals surface area contributed by atoms with Gasteiger partial charge in [-0.25, -0.2) is 0 Å². The van der Waals surface area contributed by atoms with E-state index in [1.165, 1.54) is 0 Å². The molecule has 0 spiro atoms. The van der Waals surface area contributed by atoms with Gasteiger partial charge in [0, 0.05) is 0 Å². The summed E-state index contributed by atoms with van der Waals surface area (Å²) in [5, 5.41) is 0. The van der Waals surface area contributed by atoms with Crippen LogP contribution in [0.3, 0.4) is 0 Å². The van der Waals surface area contributed by atoms with E-state index in [-0.39, 0.29) is 52.7 Å². The van der Waals surface area contributed by atoms with Crippen LogP contribution in [0.4, 0.5) is 0 Å². The van der Waals surface area contributed by atoms with Crippen molar-refractivity contribution in [2.45, 2.75) is 0 Å². The first kappa shape index (κ1) is 36.7. The predicted octanol–water partition coefficient (Wildman–Crippen LogP) is -11.2. The van der Waals surface area contributed by atoms with Crippen molar-refractivity contribution in [3.63, 3.8) is 0 Å². The summed E-state index contributed by atoms with van der Waals surface area (Å²) in [7, 11) is 0. The van der Waals surface area contributed by atoms with Crippen molar-refractivity contribution in [1.82, 2.24) is 0 Å². The second kappa shape index (κ2) is 15.1. The van der Waals surface area contributed by atoms with Gasteiger partial charge in [0.15, 0.2) is 0 Å². The van der Waals surface area contributed by atoms with Crippen molar-refractivity contribution in [2.24, 2.45) is 0 Å². The molecule has 0 rings (SSSR count). The quantitative estimate of drug-likeness (QED) is 0.313. The van der Waals surface area contributed by atoms with Crippen molar-refractivity contribution in [1.29, 1.82) is 0 Å². The van der Waals surface area contributed by atoms with Crippen molar-refractivity contribution in [3.8, 4) is 0 Å². The van der Waals surface area contributed by atoms with Gasteiger partial charge in [0.25, 0.3) is 0 Å². The van der Waals surface area contributed by atoms with Gasteiger partial charge in [-0.1, -0.05) is 0 Å². The van der Waals surface area contributed by atoms with Gasteiger partial charge in [0.05, 0.1) is 0 Å². The van der Waals surface area contributed by atoms with Gasteiger partial charge in [-0.05, 0) is 0 Å². The molecule has 0 N–H and O–H groups in total. The molecule has 18 heteroatoms. The van der Waals surface area contributed by atoms with Crippen LogP contribution in [0, 0.1) is 0 Å². The van der Waals surface area contributed by atoms with E-state index in [9.17, 15) is 0 Å². The molecule has 0 saturated heterocycles. The molecule has 0 aromatic rings. The Labute approximate surface area is 139 Å². The van der Waals surface area contributed by atoms with E-state index in [4.69, 9.17) is 48.1 Å². The van der Waals surface area contributed by atoms with E-state index >= 15 is 0 Å². The first-order chi connectivity index (χ1) is 6.00. The van der Waals surface area contributed by atoms with Gasteiger partial charge in [-0.2, -0.15) is 0 Å². The summed E-state index contributed by atoms with van der Waals surface area (Å²) < 4.78 is 103. The van der Waals surface area contributed by atoms with Crippen LogP contribution in [0.5, 0.6) is 0 Å². The van der Waals surface area contributed by atoms with Crippen molar-refractivity contribution in [2.75, 3.05) is 0 Å².